The maximum Gasteiger partial charge on any atom is 1.00 e. The second-order valence-electron chi connectivity index (χ2n) is 2.49. The number of carbonyl (C=O) groups is 2. The fourth-order valence-corrected chi connectivity index (χ4v) is 1.05. The average Bonchev–Trinajstić information content (AvgIpc) is 2.03. The second kappa shape index (κ2) is 11.1. The monoisotopic (exact) mass is 262 g/mol. The molecule has 0 spiro atoms. The number of thiol groups is 2. The van der Waals surface area contributed by atoms with Crippen LogP contribution in [0.1, 0.15) is 1.43 Å². The quantitative estimate of drug-likeness (QED) is 0.251. The number of amides is 2. The zero-order valence-electron chi connectivity index (χ0n) is 9.56. The van der Waals surface area contributed by atoms with E-state index < -0.39 is 5.24 Å². The standard InChI is InChI=1S/C5H11N3OS.CH3NOS.Na.H/c9-5(10)7-8-3-1-6-2-4-8;2-1(3)4;;/h6H,1-4H2,(H2,7,9,10);(H3,2,3,4);;/q;;+1;-1. The molecule has 0 radical (unpaired) electrons. The number of nitrogens with two attached hydrogens (primary N) is 1. The number of piperazine rings is 1. The van der Waals surface area contributed by atoms with Gasteiger partial charge in [-0.3, -0.25) is 15.0 Å². The van der Waals surface area contributed by atoms with Crippen LogP contribution in [0.15, 0.2) is 0 Å². The molecule has 4 N–H and O–H groups in total. The van der Waals surface area contributed by atoms with Crippen LogP contribution in [0.3, 0.4) is 0 Å². The van der Waals surface area contributed by atoms with Crippen LogP contribution in [0, 0.1) is 0 Å². The molecule has 9 heteroatoms. The summed E-state index contributed by atoms with van der Waals surface area (Å²) in [6.45, 7) is 3.56. The molecule has 0 aromatic heterocycles. The zero-order valence-corrected chi connectivity index (χ0v) is 12.4. The van der Waals surface area contributed by atoms with Gasteiger partial charge in [0.1, 0.15) is 0 Å². The van der Waals surface area contributed by atoms with Gasteiger partial charge in [-0.1, -0.05) is 25.3 Å². The third-order valence-electron chi connectivity index (χ3n) is 1.37. The molecule has 2 amide bonds. The van der Waals surface area contributed by atoms with Gasteiger partial charge in [0.15, 0.2) is 0 Å². The molecule has 0 aromatic carbocycles. The Bertz CT molecular complexity index is 203. The smallest absolute Gasteiger partial charge is 1.00 e. The summed E-state index contributed by atoms with van der Waals surface area (Å²) in [6, 6.07) is 0. The van der Waals surface area contributed by atoms with E-state index in [1.54, 1.807) is 0 Å². The molecule has 1 fully saturated rings. The summed E-state index contributed by atoms with van der Waals surface area (Å²) >= 11 is 6.70. The maximum atomic E-state index is 10.4. The van der Waals surface area contributed by atoms with Crippen LogP contribution in [0.5, 0.6) is 0 Å². The number of nitrogens with zero attached hydrogens (tertiary/aromatic N) is 1. The van der Waals surface area contributed by atoms with Gasteiger partial charge < -0.3 is 12.5 Å². The Hall–Kier alpha value is 0.560. The van der Waals surface area contributed by atoms with Gasteiger partial charge >= 0.3 is 29.6 Å². The molecule has 84 valence electrons. The van der Waals surface area contributed by atoms with Crippen molar-refractivity contribution in [1.29, 1.82) is 0 Å². The van der Waals surface area contributed by atoms with E-state index in [1.165, 1.54) is 0 Å². The van der Waals surface area contributed by atoms with Crippen molar-refractivity contribution >= 4 is 35.7 Å². The van der Waals surface area contributed by atoms with E-state index >= 15 is 0 Å². The summed E-state index contributed by atoms with van der Waals surface area (Å²) in [5.41, 5.74) is 6.94. The van der Waals surface area contributed by atoms with Crippen molar-refractivity contribution in [2.75, 3.05) is 26.2 Å². The molecular weight excluding hydrogens is 247 g/mol. The predicted molar refractivity (Wildman–Crippen MR) is 61.6 cm³/mol. The summed E-state index contributed by atoms with van der Waals surface area (Å²) in [5.74, 6) is 0. The second-order valence-corrected chi connectivity index (χ2v) is 3.34. The Morgan fingerprint density at radius 2 is 1.73 bits per heavy atom. The number of hydrogen-bond donors (Lipinski definition) is 5. The van der Waals surface area contributed by atoms with Gasteiger partial charge in [-0.15, -0.1) is 0 Å². The van der Waals surface area contributed by atoms with Gasteiger partial charge in [0, 0.05) is 26.2 Å². The van der Waals surface area contributed by atoms with E-state index in [2.05, 4.69) is 41.7 Å². The fourth-order valence-electron chi connectivity index (χ4n) is 0.912. The Kier molecular flexibility index (Phi) is 13.2. The number of hydrazine groups is 1. The first kappa shape index (κ1) is 17.9. The van der Waals surface area contributed by atoms with E-state index in [0.717, 1.165) is 26.2 Å². The van der Waals surface area contributed by atoms with Crippen LogP contribution in [0.25, 0.3) is 0 Å². The minimum atomic E-state index is -0.639. The maximum absolute atomic E-state index is 10.4. The molecule has 1 saturated heterocycles. The van der Waals surface area contributed by atoms with Gasteiger partial charge in [0.25, 0.3) is 10.5 Å². The van der Waals surface area contributed by atoms with Crippen molar-refractivity contribution in [2.45, 2.75) is 0 Å². The van der Waals surface area contributed by atoms with Gasteiger partial charge in [0.2, 0.25) is 0 Å². The third kappa shape index (κ3) is 14.6. The summed E-state index contributed by atoms with van der Waals surface area (Å²) in [7, 11) is 0. The Labute approximate surface area is 123 Å². The predicted octanol–water partition coefficient (Wildman–Crippen LogP) is -3.44. The number of primary amides is 1. The van der Waals surface area contributed by atoms with Gasteiger partial charge in [-0.2, -0.15) is 0 Å². The zero-order chi connectivity index (χ0) is 11.0. The van der Waals surface area contributed by atoms with Crippen molar-refractivity contribution in [2.24, 2.45) is 5.73 Å². The molecule has 1 aliphatic heterocycles. The number of carbonyl (C=O) groups excluding carboxylic acids is 2. The molecule has 0 saturated carbocycles. The molecule has 1 aliphatic rings. The minimum Gasteiger partial charge on any atom is -1.00 e. The fraction of sp³-hybridized carbons (Fsp3) is 0.667. The first-order valence-corrected chi connectivity index (χ1v) is 4.85. The molecule has 1 heterocycles. The van der Waals surface area contributed by atoms with Gasteiger partial charge in [-0.05, 0) is 0 Å². The molecular formula is C6H15N4NaO2S2. The van der Waals surface area contributed by atoms with Crippen LogP contribution < -0.4 is 46.0 Å². The third-order valence-corrected chi connectivity index (χ3v) is 1.47. The molecule has 0 atom stereocenters. The number of rotatable bonds is 1. The van der Waals surface area contributed by atoms with E-state index in [4.69, 9.17) is 4.79 Å². The van der Waals surface area contributed by atoms with Crippen molar-refractivity contribution < 1.29 is 40.6 Å². The molecule has 6 nitrogen and oxygen atoms in total. The molecule has 1 rings (SSSR count). The van der Waals surface area contributed by atoms with Crippen LogP contribution >= 0.6 is 25.3 Å². The van der Waals surface area contributed by atoms with Crippen LogP contribution in [0.4, 0.5) is 9.59 Å². The number of nitrogens with one attached hydrogen (secondary N) is 2. The van der Waals surface area contributed by atoms with Crippen LogP contribution in [0.2, 0.25) is 0 Å². The first-order chi connectivity index (χ1) is 6.52. The Balaban J connectivity index is -0.000000249. The van der Waals surface area contributed by atoms with Crippen molar-refractivity contribution in [3.8, 4) is 0 Å². The average molecular weight is 262 g/mol. The van der Waals surface area contributed by atoms with E-state index in [9.17, 15) is 4.79 Å². The first-order valence-electron chi connectivity index (χ1n) is 3.96. The van der Waals surface area contributed by atoms with Crippen molar-refractivity contribution in [3.63, 3.8) is 0 Å². The van der Waals surface area contributed by atoms with Crippen molar-refractivity contribution in [1.82, 2.24) is 15.8 Å². The molecule has 0 bridgehead atoms. The summed E-state index contributed by atoms with van der Waals surface area (Å²) in [5, 5.41) is 4.09. The van der Waals surface area contributed by atoms with Gasteiger partial charge in [-0.25, -0.2) is 5.01 Å². The van der Waals surface area contributed by atoms with E-state index in [1.807, 2.05) is 5.01 Å². The minimum absolute atomic E-state index is 0. The number of hydrogen-bond acceptors (Lipinski definition) is 4. The van der Waals surface area contributed by atoms with E-state index in [0.29, 0.717) is 0 Å². The molecule has 0 aromatic rings. The largest absolute Gasteiger partial charge is 1.00 e. The Morgan fingerprint density at radius 3 is 2.07 bits per heavy atom. The SMILES string of the molecule is NC(=O)S.O=C(S)NN1CCNCC1.[H-].[Na+]. The summed E-state index contributed by atoms with van der Waals surface area (Å²) in [6.07, 6.45) is 0. The normalized spacial score (nSPS) is 15.3. The summed E-state index contributed by atoms with van der Waals surface area (Å²) < 4.78 is 0. The van der Waals surface area contributed by atoms with Crippen molar-refractivity contribution in [3.05, 3.63) is 0 Å². The van der Waals surface area contributed by atoms with Crippen LogP contribution in [-0.2, 0) is 0 Å². The topological polar surface area (TPSA) is 87.5 Å². The summed E-state index contributed by atoms with van der Waals surface area (Å²) in [4.78, 5) is 19.5. The molecule has 15 heavy (non-hydrogen) atoms. The van der Waals surface area contributed by atoms with E-state index in [-0.39, 0.29) is 36.2 Å². The van der Waals surface area contributed by atoms with Gasteiger partial charge in [0.05, 0.1) is 0 Å². The molecule has 0 aliphatic carbocycles. The molecule has 0 unspecified atom stereocenters. The van der Waals surface area contributed by atoms with Crippen LogP contribution in [-0.4, -0.2) is 41.7 Å². The Morgan fingerprint density at radius 1 is 1.33 bits per heavy atom.